The highest BCUT2D eigenvalue weighted by molar-refractivity contribution is 5.94. The van der Waals surface area contributed by atoms with Gasteiger partial charge >= 0.3 is 0 Å². The summed E-state index contributed by atoms with van der Waals surface area (Å²) in [5, 5.41) is 5.36. The van der Waals surface area contributed by atoms with E-state index in [0.717, 1.165) is 23.3 Å². The summed E-state index contributed by atoms with van der Waals surface area (Å²) in [4.78, 5) is 23.5. The average molecular weight is 394 g/mol. The van der Waals surface area contributed by atoms with E-state index in [9.17, 15) is 9.59 Å². The number of rotatable bonds is 7. The van der Waals surface area contributed by atoms with Gasteiger partial charge in [-0.3, -0.25) is 9.59 Å². The van der Waals surface area contributed by atoms with Gasteiger partial charge in [-0.1, -0.05) is 24.3 Å². The van der Waals surface area contributed by atoms with Crippen LogP contribution >= 0.6 is 0 Å². The summed E-state index contributed by atoms with van der Waals surface area (Å²) in [7, 11) is 1.59. The molecule has 0 atom stereocenters. The predicted octanol–water partition coefficient (Wildman–Crippen LogP) is 2.97. The molecule has 0 saturated carbocycles. The molecule has 0 aliphatic carbocycles. The highest BCUT2D eigenvalue weighted by Crippen LogP contribution is 2.41. The van der Waals surface area contributed by atoms with Crippen LogP contribution in [0.15, 0.2) is 48.5 Å². The summed E-state index contributed by atoms with van der Waals surface area (Å²) < 4.78 is 11.8. The SMILES string of the molecule is CNC(=O)c1ccc(/C=C/C(=O)NCCOc2cccc3c2OC(C)(C)C3)cc1. The van der Waals surface area contributed by atoms with Crippen molar-refractivity contribution in [3.8, 4) is 11.5 Å². The van der Waals surface area contributed by atoms with Crippen LogP contribution in [0.3, 0.4) is 0 Å². The molecule has 0 saturated heterocycles. The molecular formula is C23H26N2O4. The maximum absolute atomic E-state index is 12.0. The number of amides is 2. The van der Waals surface area contributed by atoms with E-state index in [4.69, 9.17) is 9.47 Å². The Kier molecular flexibility index (Phi) is 6.22. The van der Waals surface area contributed by atoms with Crippen LogP contribution in [0.2, 0.25) is 0 Å². The van der Waals surface area contributed by atoms with Gasteiger partial charge < -0.3 is 20.1 Å². The number of carbonyl (C=O) groups excluding carboxylic acids is 2. The van der Waals surface area contributed by atoms with Crippen LogP contribution in [0.25, 0.3) is 6.08 Å². The van der Waals surface area contributed by atoms with Crippen molar-refractivity contribution in [1.82, 2.24) is 10.6 Å². The van der Waals surface area contributed by atoms with Gasteiger partial charge in [-0.2, -0.15) is 0 Å². The Morgan fingerprint density at radius 3 is 2.66 bits per heavy atom. The molecule has 0 spiro atoms. The molecule has 3 rings (SSSR count). The van der Waals surface area contributed by atoms with E-state index in [1.54, 1.807) is 37.4 Å². The molecule has 6 heteroatoms. The fourth-order valence-electron chi connectivity index (χ4n) is 3.16. The molecule has 2 aromatic carbocycles. The van der Waals surface area contributed by atoms with E-state index in [1.165, 1.54) is 6.08 Å². The van der Waals surface area contributed by atoms with Gasteiger partial charge in [0.1, 0.15) is 12.2 Å². The largest absolute Gasteiger partial charge is 0.488 e. The van der Waals surface area contributed by atoms with Gasteiger partial charge in [0.15, 0.2) is 11.5 Å². The second-order valence-corrected chi connectivity index (χ2v) is 7.46. The molecule has 0 unspecified atom stereocenters. The molecule has 152 valence electrons. The van der Waals surface area contributed by atoms with E-state index in [2.05, 4.69) is 24.5 Å². The smallest absolute Gasteiger partial charge is 0.251 e. The van der Waals surface area contributed by atoms with Crippen molar-refractivity contribution in [2.24, 2.45) is 0 Å². The topological polar surface area (TPSA) is 76.7 Å². The van der Waals surface area contributed by atoms with Crippen LogP contribution in [-0.2, 0) is 11.2 Å². The standard InChI is InChI=1S/C23H26N2O4/c1-23(2)15-18-5-4-6-19(21(18)29-23)28-14-13-25-20(26)12-9-16-7-10-17(11-8-16)22(27)24-3/h4-12H,13-15H2,1-3H3,(H,24,27)(H,25,26)/b12-9+. The number of carbonyl (C=O) groups is 2. The van der Waals surface area contributed by atoms with Crippen molar-refractivity contribution in [1.29, 1.82) is 0 Å². The average Bonchev–Trinajstić information content (AvgIpc) is 3.04. The molecule has 1 heterocycles. The Balaban J connectivity index is 1.45. The Bertz CT molecular complexity index is 917. The molecular weight excluding hydrogens is 368 g/mol. The second-order valence-electron chi connectivity index (χ2n) is 7.46. The zero-order valence-corrected chi connectivity index (χ0v) is 17.0. The summed E-state index contributed by atoms with van der Waals surface area (Å²) in [6, 6.07) is 12.9. The lowest BCUT2D eigenvalue weighted by atomic mass is 10.0. The molecule has 0 radical (unpaired) electrons. The first-order valence-corrected chi connectivity index (χ1v) is 9.60. The number of fused-ring (bicyclic) bond motifs is 1. The van der Waals surface area contributed by atoms with Gasteiger partial charge in [0.25, 0.3) is 5.91 Å². The zero-order chi connectivity index (χ0) is 20.9. The first-order valence-electron chi connectivity index (χ1n) is 9.60. The minimum absolute atomic E-state index is 0.142. The monoisotopic (exact) mass is 394 g/mol. The minimum Gasteiger partial charge on any atom is -0.488 e. The number of para-hydroxylation sites is 1. The number of hydrogen-bond donors (Lipinski definition) is 2. The molecule has 2 aromatic rings. The van der Waals surface area contributed by atoms with Crippen molar-refractivity contribution in [2.75, 3.05) is 20.2 Å². The van der Waals surface area contributed by atoms with Crippen LogP contribution in [0.1, 0.15) is 35.3 Å². The Morgan fingerprint density at radius 1 is 1.17 bits per heavy atom. The first kappa shape index (κ1) is 20.5. The highest BCUT2D eigenvalue weighted by Gasteiger charge is 2.32. The normalized spacial score (nSPS) is 14.2. The lowest BCUT2D eigenvalue weighted by molar-refractivity contribution is -0.116. The lowest BCUT2D eigenvalue weighted by Crippen LogP contribution is -2.26. The molecule has 1 aliphatic rings. The Hall–Kier alpha value is -3.28. The zero-order valence-electron chi connectivity index (χ0n) is 17.0. The van der Waals surface area contributed by atoms with Crippen LogP contribution in [0.5, 0.6) is 11.5 Å². The van der Waals surface area contributed by atoms with E-state index in [0.29, 0.717) is 24.5 Å². The number of hydrogen-bond acceptors (Lipinski definition) is 4. The molecule has 0 fully saturated rings. The summed E-state index contributed by atoms with van der Waals surface area (Å²) in [6.45, 7) is 4.83. The van der Waals surface area contributed by atoms with Gasteiger partial charge in [-0.15, -0.1) is 0 Å². The van der Waals surface area contributed by atoms with E-state index < -0.39 is 0 Å². The van der Waals surface area contributed by atoms with E-state index in [-0.39, 0.29) is 17.4 Å². The van der Waals surface area contributed by atoms with E-state index in [1.807, 2.05) is 18.2 Å². The third-order valence-electron chi connectivity index (χ3n) is 4.54. The molecule has 0 bridgehead atoms. The summed E-state index contributed by atoms with van der Waals surface area (Å²) in [6.07, 6.45) is 4.01. The number of benzene rings is 2. The quantitative estimate of drug-likeness (QED) is 0.559. The van der Waals surface area contributed by atoms with Gasteiger partial charge in [0, 0.05) is 30.7 Å². The van der Waals surface area contributed by atoms with Gasteiger partial charge in [-0.25, -0.2) is 0 Å². The van der Waals surface area contributed by atoms with Crippen molar-refractivity contribution >= 4 is 17.9 Å². The maximum atomic E-state index is 12.0. The maximum Gasteiger partial charge on any atom is 0.251 e. The van der Waals surface area contributed by atoms with Crippen LogP contribution < -0.4 is 20.1 Å². The van der Waals surface area contributed by atoms with Crippen LogP contribution in [0, 0.1) is 0 Å². The Morgan fingerprint density at radius 2 is 1.93 bits per heavy atom. The lowest BCUT2D eigenvalue weighted by Gasteiger charge is -2.18. The third kappa shape index (κ3) is 5.38. The Labute approximate surface area is 170 Å². The molecule has 0 aromatic heterocycles. The van der Waals surface area contributed by atoms with Gasteiger partial charge in [0.05, 0.1) is 6.54 Å². The van der Waals surface area contributed by atoms with Gasteiger partial charge in [-0.05, 0) is 43.7 Å². The van der Waals surface area contributed by atoms with Crippen molar-refractivity contribution in [2.45, 2.75) is 25.9 Å². The first-order chi connectivity index (χ1) is 13.9. The third-order valence-corrected chi connectivity index (χ3v) is 4.54. The van der Waals surface area contributed by atoms with Crippen LogP contribution in [0.4, 0.5) is 0 Å². The molecule has 6 nitrogen and oxygen atoms in total. The highest BCUT2D eigenvalue weighted by atomic mass is 16.5. The van der Waals surface area contributed by atoms with Crippen LogP contribution in [-0.4, -0.2) is 37.6 Å². The number of ether oxygens (including phenoxy) is 2. The fraction of sp³-hybridized carbons (Fsp3) is 0.304. The van der Waals surface area contributed by atoms with Gasteiger partial charge in [0.2, 0.25) is 5.91 Å². The second kappa shape index (κ2) is 8.82. The summed E-state index contributed by atoms with van der Waals surface area (Å²) in [5.41, 5.74) is 2.33. The molecule has 2 N–H and O–H groups in total. The predicted molar refractivity (Wildman–Crippen MR) is 112 cm³/mol. The molecule has 29 heavy (non-hydrogen) atoms. The summed E-state index contributed by atoms with van der Waals surface area (Å²) >= 11 is 0. The van der Waals surface area contributed by atoms with Crippen molar-refractivity contribution in [3.05, 3.63) is 65.2 Å². The van der Waals surface area contributed by atoms with Crippen molar-refractivity contribution < 1.29 is 19.1 Å². The molecule has 1 aliphatic heterocycles. The van der Waals surface area contributed by atoms with E-state index >= 15 is 0 Å². The number of nitrogens with one attached hydrogen (secondary N) is 2. The van der Waals surface area contributed by atoms with Crippen molar-refractivity contribution in [3.63, 3.8) is 0 Å². The summed E-state index contributed by atoms with van der Waals surface area (Å²) in [5.74, 6) is 1.15. The molecule has 2 amide bonds. The fourth-order valence-corrected chi connectivity index (χ4v) is 3.16. The minimum atomic E-state index is -0.223.